The molecule has 4 heteroatoms. The van der Waals surface area contributed by atoms with Crippen molar-refractivity contribution in [2.45, 2.75) is 6.10 Å². The molecule has 0 bridgehead atoms. The van der Waals surface area contributed by atoms with Crippen LogP contribution in [0.25, 0.3) is 0 Å². The average molecular weight is 168 g/mol. The Morgan fingerprint density at radius 1 is 1.60 bits per heavy atom. The second-order valence-electron chi connectivity index (χ2n) is 2.49. The smallest absolute Gasteiger partial charge is 0.0900 e. The van der Waals surface area contributed by atoms with Gasteiger partial charge in [-0.15, -0.1) is 12.4 Å². The zero-order valence-electron chi connectivity index (χ0n) is 6.12. The normalized spacial score (nSPS) is 28.8. The minimum atomic E-state index is -0.294. The van der Waals surface area contributed by atoms with Crippen LogP contribution < -0.4 is 0 Å². The number of hydrogen-bond acceptors (Lipinski definition) is 3. The van der Waals surface area contributed by atoms with E-state index in [4.69, 9.17) is 9.84 Å². The number of β-amino-alcohol motifs (C(OH)–C–C–N with tert-alkyl or cyclic N) is 1. The van der Waals surface area contributed by atoms with E-state index < -0.39 is 0 Å². The first-order chi connectivity index (χ1) is 4.29. The van der Waals surface area contributed by atoms with E-state index in [1.54, 1.807) is 0 Å². The summed E-state index contributed by atoms with van der Waals surface area (Å²) < 4.78 is 5.09. The summed E-state index contributed by atoms with van der Waals surface area (Å²) in [5, 5.41) is 9.09. The van der Waals surface area contributed by atoms with Gasteiger partial charge in [0.2, 0.25) is 0 Å². The molecule has 10 heavy (non-hydrogen) atoms. The minimum Gasteiger partial charge on any atom is -0.389 e. The Bertz CT molecular complexity index is 81.8. The van der Waals surface area contributed by atoms with Gasteiger partial charge in [0.15, 0.2) is 0 Å². The largest absolute Gasteiger partial charge is 0.389 e. The van der Waals surface area contributed by atoms with Gasteiger partial charge in [0.25, 0.3) is 0 Å². The first-order valence-electron chi connectivity index (χ1n) is 3.23. The summed E-state index contributed by atoms with van der Waals surface area (Å²) in [6.45, 7) is 2.90. The number of likely N-dealkylation sites (N-methyl/N-ethyl adjacent to an activating group) is 1. The number of ether oxygens (including phenoxy) is 1. The van der Waals surface area contributed by atoms with Crippen molar-refractivity contribution in [1.82, 2.24) is 4.90 Å². The Balaban J connectivity index is 0.000000810. The zero-order valence-corrected chi connectivity index (χ0v) is 6.93. The Hall–Kier alpha value is 0.170. The molecule has 1 aliphatic rings. The second-order valence-corrected chi connectivity index (χ2v) is 2.49. The molecule has 0 aromatic carbocycles. The molecule has 1 atom stereocenters. The lowest BCUT2D eigenvalue weighted by molar-refractivity contribution is 0.0573. The number of aliphatic hydroxyl groups is 1. The lowest BCUT2D eigenvalue weighted by atomic mass is 10.4. The Morgan fingerprint density at radius 3 is 3.00 bits per heavy atom. The van der Waals surface area contributed by atoms with Crippen molar-refractivity contribution >= 4 is 12.4 Å². The van der Waals surface area contributed by atoms with Crippen molar-refractivity contribution in [2.75, 3.05) is 33.4 Å². The van der Waals surface area contributed by atoms with Crippen LogP contribution in [0.4, 0.5) is 0 Å². The maximum Gasteiger partial charge on any atom is 0.0900 e. The molecule has 1 saturated heterocycles. The lowest BCUT2D eigenvalue weighted by Crippen LogP contribution is -2.28. The number of rotatable bonds is 0. The highest BCUT2D eigenvalue weighted by atomic mass is 35.5. The van der Waals surface area contributed by atoms with Crippen molar-refractivity contribution in [3.8, 4) is 0 Å². The van der Waals surface area contributed by atoms with Crippen molar-refractivity contribution < 1.29 is 9.84 Å². The van der Waals surface area contributed by atoms with E-state index in [0.717, 1.165) is 19.7 Å². The van der Waals surface area contributed by atoms with Gasteiger partial charge >= 0.3 is 0 Å². The standard InChI is InChI=1S/C6H13NO2.ClH/c1-7-2-3-9-5-6(8)4-7;/h6,8H,2-5H2,1H3;1H. The fraction of sp³-hybridized carbons (Fsp3) is 1.00. The molecule has 0 radical (unpaired) electrons. The maximum atomic E-state index is 9.09. The van der Waals surface area contributed by atoms with Gasteiger partial charge in [0.05, 0.1) is 19.3 Å². The highest BCUT2D eigenvalue weighted by Gasteiger charge is 2.11. The molecular formula is C6H14ClNO2. The molecule has 1 aliphatic heterocycles. The van der Waals surface area contributed by atoms with Gasteiger partial charge in [-0.2, -0.15) is 0 Å². The number of hydrogen-bond donors (Lipinski definition) is 1. The van der Waals surface area contributed by atoms with Crippen LogP contribution in [0, 0.1) is 0 Å². The van der Waals surface area contributed by atoms with Crippen LogP contribution in [0.15, 0.2) is 0 Å². The first kappa shape index (κ1) is 10.2. The average Bonchev–Trinajstić information content (AvgIpc) is 1.93. The van der Waals surface area contributed by atoms with Crippen molar-refractivity contribution in [1.29, 1.82) is 0 Å². The summed E-state index contributed by atoms with van der Waals surface area (Å²) in [5.41, 5.74) is 0. The summed E-state index contributed by atoms with van der Waals surface area (Å²) in [6, 6.07) is 0. The third kappa shape index (κ3) is 3.37. The second kappa shape index (κ2) is 4.91. The number of nitrogens with zero attached hydrogens (tertiary/aromatic N) is 1. The highest BCUT2D eigenvalue weighted by Crippen LogP contribution is 1.95. The monoisotopic (exact) mass is 167 g/mol. The van der Waals surface area contributed by atoms with E-state index in [2.05, 4.69) is 4.90 Å². The quantitative estimate of drug-likeness (QED) is 0.539. The molecule has 1 heterocycles. The molecule has 1 unspecified atom stereocenters. The molecule has 62 valence electrons. The van der Waals surface area contributed by atoms with E-state index in [9.17, 15) is 0 Å². The van der Waals surface area contributed by atoms with E-state index in [1.807, 2.05) is 7.05 Å². The summed E-state index contributed by atoms with van der Waals surface area (Å²) in [5.74, 6) is 0. The van der Waals surface area contributed by atoms with Crippen molar-refractivity contribution in [3.63, 3.8) is 0 Å². The SMILES string of the molecule is CN1CCOCC(O)C1.Cl. The molecule has 0 spiro atoms. The topological polar surface area (TPSA) is 32.7 Å². The summed E-state index contributed by atoms with van der Waals surface area (Å²) in [6.07, 6.45) is -0.294. The fourth-order valence-corrected chi connectivity index (χ4v) is 0.944. The van der Waals surface area contributed by atoms with Gasteiger partial charge in [-0.1, -0.05) is 0 Å². The molecule has 0 aromatic rings. The molecule has 3 nitrogen and oxygen atoms in total. The predicted octanol–water partition coefficient (Wildman–Crippen LogP) is -0.269. The molecular weight excluding hydrogens is 154 g/mol. The van der Waals surface area contributed by atoms with Crippen LogP contribution in [0.1, 0.15) is 0 Å². The van der Waals surface area contributed by atoms with E-state index in [0.29, 0.717) is 6.61 Å². The predicted molar refractivity (Wildman–Crippen MR) is 41.6 cm³/mol. The third-order valence-electron chi connectivity index (χ3n) is 1.45. The summed E-state index contributed by atoms with van der Waals surface area (Å²) in [4.78, 5) is 2.07. The molecule has 1 fully saturated rings. The minimum absolute atomic E-state index is 0. The third-order valence-corrected chi connectivity index (χ3v) is 1.45. The van der Waals surface area contributed by atoms with Crippen LogP contribution in [0.3, 0.4) is 0 Å². The molecule has 0 aliphatic carbocycles. The van der Waals surface area contributed by atoms with Gasteiger partial charge < -0.3 is 14.7 Å². The molecule has 1 N–H and O–H groups in total. The van der Waals surface area contributed by atoms with Gasteiger partial charge in [-0.25, -0.2) is 0 Å². The van der Waals surface area contributed by atoms with Crippen LogP contribution in [0.2, 0.25) is 0 Å². The maximum absolute atomic E-state index is 9.09. The van der Waals surface area contributed by atoms with E-state index >= 15 is 0 Å². The first-order valence-corrected chi connectivity index (χ1v) is 3.23. The number of aliphatic hydroxyl groups excluding tert-OH is 1. The summed E-state index contributed by atoms with van der Waals surface area (Å²) in [7, 11) is 1.98. The molecule has 1 rings (SSSR count). The van der Waals surface area contributed by atoms with Crippen molar-refractivity contribution in [2.24, 2.45) is 0 Å². The van der Waals surface area contributed by atoms with Crippen molar-refractivity contribution in [3.05, 3.63) is 0 Å². The number of halogens is 1. The van der Waals surface area contributed by atoms with Crippen LogP contribution >= 0.6 is 12.4 Å². The van der Waals surface area contributed by atoms with Crippen LogP contribution in [0.5, 0.6) is 0 Å². The van der Waals surface area contributed by atoms with Gasteiger partial charge in [0, 0.05) is 13.1 Å². The van der Waals surface area contributed by atoms with Gasteiger partial charge in [0.1, 0.15) is 0 Å². The Labute approximate surface area is 67.4 Å². The molecule has 0 aromatic heterocycles. The van der Waals surface area contributed by atoms with Gasteiger partial charge in [-0.3, -0.25) is 0 Å². The van der Waals surface area contributed by atoms with E-state index in [1.165, 1.54) is 0 Å². The van der Waals surface area contributed by atoms with Gasteiger partial charge in [-0.05, 0) is 7.05 Å². The van der Waals surface area contributed by atoms with Crippen LogP contribution in [-0.2, 0) is 4.74 Å². The van der Waals surface area contributed by atoms with Crippen LogP contribution in [-0.4, -0.2) is 49.5 Å². The van der Waals surface area contributed by atoms with E-state index in [-0.39, 0.29) is 18.5 Å². The molecule has 0 saturated carbocycles. The Kier molecular flexibility index (Phi) is 4.99. The zero-order chi connectivity index (χ0) is 6.69. The fourth-order valence-electron chi connectivity index (χ4n) is 0.944. The molecule has 0 amide bonds. The Morgan fingerprint density at radius 2 is 2.30 bits per heavy atom. The highest BCUT2D eigenvalue weighted by molar-refractivity contribution is 5.85. The lowest BCUT2D eigenvalue weighted by Gasteiger charge is -2.13. The summed E-state index contributed by atoms with van der Waals surface area (Å²) >= 11 is 0.